The molecule has 0 bridgehead atoms. The predicted octanol–water partition coefficient (Wildman–Crippen LogP) is -6.68. The van der Waals surface area contributed by atoms with Crippen molar-refractivity contribution < 1.29 is 54.3 Å². The zero-order valence-corrected chi connectivity index (χ0v) is 18.1. The van der Waals surface area contributed by atoms with Crippen LogP contribution in [0.4, 0.5) is 0 Å². The van der Waals surface area contributed by atoms with E-state index in [4.69, 9.17) is 46.6 Å². The second kappa shape index (κ2) is 11.0. The maximum atomic E-state index is 10.4. The van der Waals surface area contributed by atoms with Gasteiger partial charge in [0.15, 0.2) is 18.9 Å². The van der Waals surface area contributed by atoms with E-state index < -0.39 is 98.5 Å². The highest BCUT2D eigenvalue weighted by Gasteiger charge is 2.52. The van der Waals surface area contributed by atoms with Gasteiger partial charge in [0.1, 0.15) is 48.8 Å². The second-order valence-electron chi connectivity index (χ2n) is 8.63. The monoisotopic (exact) mass is 484 g/mol. The Hall–Kier alpha value is -0.600. The molecule has 15 atom stereocenters. The van der Waals surface area contributed by atoms with Gasteiger partial charge in [-0.15, -0.1) is 0 Å². The molecule has 33 heavy (non-hydrogen) atoms. The minimum Gasteiger partial charge on any atom is -0.394 e. The van der Waals surface area contributed by atoms with Gasteiger partial charge < -0.3 is 77.3 Å². The summed E-state index contributed by atoms with van der Waals surface area (Å²) in [5.41, 5.74) is 23.4. The summed E-state index contributed by atoms with van der Waals surface area (Å²) < 4.78 is 28.2. The molecule has 0 aliphatic carbocycles. The van der Waals surface area contributed by atoms with Crippen LogP contribution in [0.1, 0.15) is 6.92 Å². The lowest BCUT2D eigenvalue weighted by Gasteiger charge is -2.49. The number of nitrogens with two attached hydrogens (primary N) is 4. The summed E-state index contributed by atoms with van der Waals surface area (Å²) in [6.07, 6.45) is -15.4. The molecule has 15 nitrogen and oxygen atoms in total. The third kappa shape index (κ3) is 5.32. The summed E-state index contributed by atoms with van der Waals surface area (Å²) in [6, 6.07) is -3.35. The van der Waals surface area contributed by atoms with Crippen molar-refractivity contribution in [3.63, 3.8) is 0 Å². The molecule has 0 spiro atoms. The zero-order valence-electron chi connectivity index (χ0n) is 18.1. The fourth-order valence-electron chi connectivity index (χ4n) is 4.16. The van der Waals surface area contributed by atoms with Crippen molar-refractivity contribution in [2.24, 2.45) is 22.9 Å². The van der Waals surface area contributed by atoms with E-state index in [0.717, 1.165) is 0 Å². The molecule has 3 aliphatic rings. The lowest BCUT2D eigenvalue weighted by Crippen LogP contribution is -2.69. The van der Waals surface area contributed by atoms with Crippen LogP contribution < -0.4 is 22.9 Å². The summed E-state index contributed by atoms with van der Waals surface area (Å²) in [4.78, 5) is 0. The second-order valence-corrected chi connectivity index (χ2v) is 8.63. The van der Waals surface area contributed by atoms with E-state index >= 15 is 0 Å². The molecule has 0 aromatic rings. The maximum Gasteiger partial charge on any atom is 0.186 e. The first kappa shape index (κ1) is 27.0. The van der Waals surface area contributed by atoms with E-state index in [1.54, 1.807) is 6.92 Å². The van der Waals surface area contributed by atoms with Crippen molar-refractivity contribution in [3.8, 4) is 0 Å². The van der Waals surface area contributed by atoms with Crippen LogP contribution >= 0.6 is 0 Å². The smallest absolute Gasteiger partial charge is 0.186 e. The van der Waals surface area contributed by atoms with Gasteiger partial charge in [-0.2, -0.15) is 0 Å². The molecule has 0 aromatic carbocycles. The Balaban J connectivity index is 1.83. The van der Waals surface area contributed by atoms with Crippen LogP contribution in [-0.2, 0) is 23.7 Å². The molecule has 0 saturated carbocycles. The van der Waals surface area contributed by atoms with E-state index in [1.165, 1.54) is 0 Å². The van der Waals surface area contributed by atoms with Crippen LogP contribution in [0, 0.1) is 0 Å². The van der Waals surface area contributed by atoms with E-state index in [1.807, 2.05) is 0 Å². The first-order chi connectivity index (χ1) is 15.5. The number of hydrogen-bond donors (Lipinski definition) is 10. The van der Waals surface area contributed by atoms with E-state index in [0.29, 0.717) is 0 Å². The molecule has 14 N–H and O–H groups in total. The molecule has 15 heteroatoms. The minimum absolute atomic E-state index is 0.147. The fourth-order valence-corrected chi connectivity index (χ4v) is 4.16. The summed E-state index contributed by atoms with van der Waals surface area (Å²) in [5.74, 6) is 0. The molecular weight excluding hydrogens is 448 g/mol. The lowest BCUT2D eigenvalue weighted by atomic mass is 9.94. The van der Waals surface area contributed by atoms with E-state index in [-0.39, 0.29) is 6.54 Å². The average Bonchev–Trinajstić information content (AvgIpc) is 2.80. The molecule has 3 aliphatic heterocycles. The minimum atomic E-state index is -1.58. The fraction of sp³-hybridized carbons (Fsp3) is 1.00. The van der Waals surface area contributed by atoms with Crippen molar-refractivity contribution in [1.29, 1.82) is 0 Å². The Labute approximate surface area is 190 Å². The van der Waals surface area contributed by atoms with Crippen LogP contribution in [0.3, 0.4) is 0 Å². The maximum absolute atomic E-state index is 10.4. The number of rotatable bonds is 6. The SMILES string of the molecule is C[C@H]1O[C@@H](O[C@@H]2[C@@H](N)[C@H](O)O[C@H](CO)[C@H]2O[C@H]2O[C@H](CN)[C@@H](O)[C@H](O)[C@H]2N)[C@H](O)[C@@H](O)[C@@H]1N. The van der Waals surface area contributed by atoms with Crippen molar-refractivity contribution in [1.82, 2.24) is 0 Å². The van der Waals surface area contributed by atoms with Gasteiger partial charge in [0.25, 0.3) is 0 Å². The standard InChI is InChI=1S/C18H36N4O11/c1-4-7(20)11(25)13(27)18(29-4)33-15-9(22)16(28)30-6(3-23)14(15)32-17-8(21)12(26)10(24)5(2-19)31-17/h4-18,23-28H,2-3,19-22H2,1H3/t4-,5-,6-,7-,8-,9-,10-,11+,12-,13-,14-,15-,16-,17-,18+/m1/s1. The largest absolute Gasteiger partial charge is 0.394 e. The van der Waals surface area contributed by atoms with Crippen LogP contribution in [0.15, 0.2) is 0 Å². The lowest BCUT2D eigenvalue weighted by molar-refractivity contribution is -0.353. The van der Waals surface area contributed by atoms with Crippen LogP contribution in [0.25, 0.3) is 0 Å². The van der Waals surface area contributed by atoms with Gasteiger partial charge in [-0.25, -0.2) is 0 Å². The van der Waals surface area contributed by atoms with Gasteiger partial charge >= 0.3 is 0 Å². The molecule has 3 saturated heterocycles. The highest BCUT2D eigenvalue weighted by atomic mass is 16.7. The molecule has 0 aromatic heterocycles. The number of ether oxygens (including phenoxy) is 5. The summed E-state index contributed by atoms with van der Waals surface area (Å²) >= 11 is 0. The summed E-state index contributed by atoms with van der Waals surface area (Å²) in [6.45, 7) is 0.791. The van der Waals surface area contributed by atoms with Gasteiger partial charge in [0, 0.05) is 6.54 Å². The Kier molecular flexibility index (Phi) is 8.99. The van der Waals surface area contributed by atoms with Crippen LogP contribution in [0.2, 0.25) is 0 Å². The van der Waals surface area contributed by atoms with Crippen LogP contribution in [0.5, 0.6) is 0 Å². The van der Waals surface area contributed by atoms with Gasteiger partial charge in [0.05, 0.1) is 30.8 Å². The van der Waals surface area contributed by atoms with Crippen molar-refractivity contribution in [3.05, 3.63) is 0 Å². The Morgan fingerprint density at radius 2 is 1.30 bits per heavy atom. The van der Waals surface area contributed by atoms with Crippen molar-refractivity contribution >= 4 is 0 Å². The average molecular weight is 485 g/mol. The van der Waals surface area contributed by atoms with E-state index in [2.05, 4.69) is 0 Å². The molecule has 3 heterocycles. The first-order valence-corrected chi connectivity index (χ1v) is 10.8. The Morgan fingerprint density at radius 1 is 0.697 bits per heavy atom. The zero-order chi connectivity index (χ0) is 24.6. The predicted molar refractivity (Wildman–Crippen MR) is 108 cm³/mol. The first-order valence-electron chi connectivity index (χ1n) is 10.8. The number of aliphatic hydroxyl groups excluding tert-OH is 6. The van der Waals surface area contributed by atoms with Crippen molar-refractivity contribution in [2.45, 2.75) is 98.9 Å². The van der Waals surface area contributed by atoms with Gasteiger partial charge in [-0.3, -0.25) is 0 Å². The third-order valence-electron chi connectivity index (χ3n) is 6.37. The summed E-state index contributed by atoms with van der Waals surface area (Å²) in [5, 5.41) is 60.9. The number of hydrogen-bond acceptors (Lipinski definition) is 15. The van der Waals surface area contributed by atoms with E-state index in [9.17, 15) is 30.6 Å². The van der Waals surface area contributed by atoms with Gasteiger partial charge in [0.2, 0.25) is 0 Å². The molecule has 0 unspecified atom stereocenters. The van der Waals surface area contributed by atoms with Gasteiger partial charge in [-0.05, 0) is 6.92 Å². The molecule has 3 fully saturated rings. The Morgan fingerprint density at radius 3 is 1.91 bits per heavy atom. The van der Waals surface area contributed by atoms with Crippen molar-refractivity contribution in [2.75, 3.05) is 13.2 Å². The normalized spacial score (nSPS) is 53.7. The highest BCUT2D eigenvalue weighted by Crippen LogP contribution is 2.31. The van der Waals surface area contributed by atoms with Crippen LogP contribution in [-0.4, -0.2) is 136 Å². The summed E-state index contributed by atoms with van der Waals surface area (Å²) in [7, 11) is 0. The highest BCUT2D eigenvalue weighted by molar-refractivity contribution is 4.98. The topological polar surface area (TPSA) is 272 Å². The molecule has 0 amide bonds. The molecular formula is C18H36N4O11. The van der Waals surface area contributed by atoms with Gasteiger partial charge in [-0.1, -0.05) is 0 Å². The molecule has 194 valence electrons. The number of aliphatic hydroxyl groups is 6. The molecule has 0 radical (unpaired) electrons. The Bertz CT molecular complexity index is 636. The quantitative estimate of drug-likeness (QED) is 0.168. The third-order valence-corrected chi connectivity index (χ3v) is 6.37. The molecule has 3 rings (SSSR count).